The number of benzene rings is 2. The summed E-state index contributed by atoms with van der Waals surface area (Å²) >= 11 is 0. The highest BCUT2D eigenvalue weighted by molar-refractivity contribution is 5.78. The topological polar surface area (TPSA) is 86.6 Å². The minimum absolute atomic E-state index is 0.00524. The van der Waals surface area contributed by atoms with Crippen molar-refractivity contribution in [1.29, 1.82) is 0 Å². The predicted octanol–water partition coefficient (Wildman–Crippen LogP) is 8.71. The molecule has 3 N–H and O–H groups in total. The Kier molecular flexibility index (Phi) is 11.7. The molecule has 0 spiro atoms. The standard InChI is InChI=1S/C38H59NO4/c1-35(2,3)28-21-25(22-29(33(28)42)36(4,5)6)16-18-27(40)15-13-14-20-39-32(41)19-17-26-23-30(37(7,8)9)34(43)31(24-26)38(10,11)12/h21-24,42-43H,13-20H2,1-12H3,(H,39,41). The second kappa shape index (κ2) is 13.9. The van der Waals surface area contributed by atoms with E-state index in [0.29, 0.717) is 50.1 Å². The first kappa shape index (κ1) is 36.4. The zero-order valence-electron chi connectivity index (χ0n) is 29.2. The van der Waals surface area contributed by atoms with Gasteiger partial charge in [0, 0.05) is 25.8 Å². The van der Waals surface area contributed by atoms with Crippen molar-refractivity contribution in [3.8, 4) is 11.5 Å². The lowest BCUT2D eigenvalue weighted by molar-refractivity contribution is -0.121. The van der Waals surface area contributed by atoms with Crippen molar-refractivity contribution in [2.75, 3.05) is 6.54 Å². The van der Waals surface area contributed by atoms with Crippen LogP contribution in [0.2, 0.25) is 0 Å². The van der Waals surface area contributed by atoms with E-state index in [0.717, 1.165) is 46.2 Å². The lowest BCUT2D eigenvalue weighted by Gasteiger charge is -2.28. The normalized spacial score (nSPS) is 12.8. The first-order chi connectivity index (χ1) is 19.5. The van der Waals surface area contributed by atoms with Crippen LogP contribution in [0.25, 0.3) is 0 Å². The quantitative estimate of drug-likeness (QED) is 0.227. The Hall–Kier alpha value is -2.82. The summed E-state index contributed by atoms with van der Waals surface area (Å²) in [6, 6.07) is 8.18. The van der Waals surface area contributed by atoms with Gasteiger partial charge in [-0.15, -0.1) is 0 Å². The number of Topliss-reactive ketones (excluding diaryl/α,β-unsaturated/α-hetero) is 1. The maximum atomic E-state index is 12.7. The molecule has 0 radical (unpaired) electrons. The van der Waals surface area contributed by atoms with Gasteiger partial charge in [-0.25, -0.2) is 0 Å². The Bertz CT molecular complexity index is 1110. The summed E-state index contributed by atoms with van der Waals surface area (Å²) in [4.78, 5) is 25.2. The van der Waals surface area contributed by atoms with Gasteiger partial charge in [0.25, 0.3) is 0 Å². The molecule has 5 heteroatoms. The molecule has 0 heterocycles. The maximum Gasteiger partial charge on any atom is 0.220 e. The number of hydrogen-bond acceptors (Lipinski definition) is 4. The number of carbonyl (C=O) groups is 2. The fourth-order valence-corrected chi connectivity index (χ4v) is 5.39. The maximum absolute atomic E-state index is 12.7. The lowest BCUT2D eigenvalue weighted by Crippen LogP contribution is -2.25. The van der Waals surface area contributed by atoms with Gasteiger partial charge in [0.05, 0.1) is 0 Å². The molecule has 0 fully saturated rings. The number of hydrogen-bond donors (Lipinski definition) is 3. The van der Waals surface area contributed by atoms with E-state index in [1.807, 2.05) is 12.1 Å². The Morgan fingerprint density at radius 2 is 0.907 bits per heavy atom. The average molecular weight is 594 g/mol. The molecule has 2 rings (SSSR count). The Labute approximate surface area is 261 Å². The number of ketones is 1. The van der Waals surface area contributed by atoms with Crippen molar-refractivity contribution in [3.05, 3.63) is 57.6 Å². The summed E-state index contributed by atoms with van der Waals surface area (Å²) < 4.78 is 0. The summed E-state index contributed by atoms with van der Waals surface area (Å²) in [5.41, 5.74) is 5.04. The van der Waals surface area contributed by atoms with Crippen LogP contribution in [0.5, 0.6) is 11.5 Å². The number of amides is 1. The minimum atomic E-state index is -0.200. The monoisotopic (exact) mass is 593 g/mol. The van der Waals surface area contributed by atoms with E-state index in [-0.39, 0.29) is 33.4 Å². The van der Waals surface area contributed by atoms with Crippen LogP contribution in [0.15, 0.2) is 24.3 Å². The van der Waals surface area contributed by atoms with Crippen molar-refractivity contribution < 1.29 is 19.8 Å². The number of aryl methyl sites for hydroxylation is 2. The van der Waals surface area contributed by atoms with Gasteiger partial charge in [-0.1, -0.05) is 107 Å². The van der Waals surface area contributed by atoms with Gasteiger partial charge in [0.1, 0.15) is 17.3 Å². The van der Waals surface area contributed by atoms with Crippen LogP contribution >= 0.6 is 0 Å². The van der Waals surface area contributed by atoms with Gasteiger partial charge >= 0.3 is 0 Å². The Morgan fingerprint density at radius 1 is 0.558 bits per heavy atom. The van der Waals surface area contributed by atoms with Crippen molar-refractivity contribution in [2.24, 2.45) is 0 Å². The fraction of sp³-hybridized carbons (Fsp3) is 0.632. The zero-order chi connectivity index (χ0) is 33.0. The van der Waals surface area contributed by atoms with Gasteiger partial charge in [0.2, 0.25) is 5.91 Å². The summed E-state index contributed by atoms with van der Waals surface area (Å²) in [5, 5.41) is 24.9. The van der Waals surface area contributed by atoms with Crippen LogP contribution < -0.4 is 5.32 Å². The number of rotatable bonds is 11. The van der Waals surface area contributed by atoms with E-state index in [1.165, 1.54) is 0 Å². The number of nitrogens with one attached hydrogen (secondary N) is 1. The molecule has 2 aromatic rings. The van der Waals surface area contributed by atoms with Crippen molar-refractivity contribution in [1.82, 2.24) is 5.32 Å². The smallest absolute Gasteiger partial charge is 0.220 e. The molecule has 2 aromatic carbocycles. The van der Waals surface area contributed by atoms with E-state index in [4.69, 9.17) is 0 Å². The molecule has 0 bridgehead atoms. The zero-order valence-corrected chi connectivity index (χ0v) is 29.2. The highest BCUT2D eigenvalue weighted by Gasteiger charge is 2.28. The van der Waals surface area contributed by atoms with Gasteiger partial charge in [-0.3, -0.25) is 9.59 Å². The molecule has 0 unspecified atom stereocenters. The highest BCUT2D eigenvalue weighted by Crippen LogP contribution is 2.41. The molecular formula is C38H59NO4. The highest BCUT2D eigenvalue weighted by atomic mass is 16.3. The van der Waals surface area contributed by atoms with Crippen molar-refractivity contribution >= 4 is 11.7 Å². The van der Waals surface area contributed by atoms with Crippen LogP contribution in [0.3, 0.4) is 0 Å². The van der Waals surface area contributed by atoms with Crippen LogP contribution in [-0.4, -0.2) is 28.4 Å². The van der Waals surface area contributed by atoms with Crippen LogP contribution in [0.1, 0.15) is 149 Å². The molecule has 43 heavy (non-hydrogen) atoms. The third-order valence-electron chi connectivity index (χ3n) is 8.11. The molecule has 0 aromatic heterocycles. The molecule has 0 aliphatic rings. The van der Waals surface area contributed by atoms with Crippen LogP contribution in [0, 0.1) is 0 Å². The Morgan fingerprint density at radius 3 is 1.26 bits per heavy atom. The van der Waals surface area contributed by atoms with Gasteiger partial charge in [0.15, 0.2) is 0 Å². The number of carbonyl (C=O) groups excluding carboxylic acids is 2. The SMILES string of the molecule is CC(C)(C)c1cc(CCC(=O)CCCCNC(=O)CCc2cc(C(C)(C)C)c(O)c(C(C)(C)C)c2)cc(C(C)(C)C)c1O. The lowest BCUT2D eigenvalue weighted by atomic mass is 9.78. The van der Waals surface area contributed by atoms with E-state index in [2.05, 4.69) is 101 Å². The molecule has 5 nitrogen and oxygen atoms in total. The number of unbranched alkanes of at least 4 members (excludes halogenated alkanes) is 1. The van der Waals surface area contributed by atoms with E-state index < -0.39 is 0 Å². The number of phenols is 2. The molecule has 1 amide bonds. The molecule has 0 saturated heterocycles. The largest absolute Gasteiger partial charge is 0.507 e. The van der Waals surface area contributed by atoms with Gasteiger partial charge in [-0.05, 0) is 80.7 Å². The molecular weight excluding hydrogens is 534 g/mol. The molecule has 0 atom stereocenters. The fourth-order valence-electron chi connectivity index (χ4n) is 5.39. The first-order valence-corrected chi connectivity index (χ1v) is 16.0. The molecule has 240 valence electrons. The molecule has 0 saturated carbocycles. The molecule has 0 aliphatic carbocycles. The summed E-state index contributed by atoms with van der Waals surface area (Å²) in [6.07, 6.45) is 4.15. The average Bonchev–Trinajstić information content (AvgIpc) is 2.84. The van der Waals surface area contributed by atoms with E-state index in [9.17, 15) is 19.8 Å². The van der Waals surface area contributed by atoms with Gasteiger partial charge in [-0.2, -0.15) is 0 Å². The minimum Gasteiger partial charge on any atom is -0.507 e. The Balaban J connectivity index is 1.85. The van der Waals surface area contributed by atoms with Crippen LogP contribution in [-0.2, 0) is 44.1 Å². The second-order valence-electron chi connectivity index (χ2n) is 16.4. The second-order valence-corrected chi connectivity index (χ2v) is 16.4. The molecule has 0 aliphatic heterocycles. The van der Waals surface area contributed by atoms with Crippen molar-refractivity contribution in [2.45, 2.75) is 150 Å². The summed E-state index contributed by atoms with van der Waals surface area (Å²) in [5.74, 6) is 0.955. The van der Waals surface area contributed by atoms with Crippen molar-refractivity contribution in [3.63, 3.8) is 0 Å². The third kappa shape index (κ3) is 10.7. The summed E-state index contributed by atoms with van der Waals surface area (Å²) in [7, 11) is 0. The summed E-state index contributed by atoms with van der Waals surface area (Å²) in [6.45, 7) is 25.7. The van der Waals surface area contributed by atoms with E-state index >= 15 is 0 Å². The number of phenolic OH excluding ortho intramolecular Hbond substituents is 2. The van der Waals surface area contributed by atoms with E-state index in [1.54, 1.807) is 0 Å². The third-order valence-corrected chi connectivity index (χ3v) is 8.11. The predicted molar refractivity (Wildman–Crippen MR) is 180 cm³/mol. The van der Waals surface area contributed by atoms with Crippen LogP contribution in [0.4, 0.5) is 0 Å². The first-order valence-electron chi connectivity index (χ1n) is 16.0. The number of aromatic hydroxyl groups is 2. The van der Waals surface area contributed by atoms with Gasteiger partial charge < -0.3 is 15.5 Å².